The van der Waals surface area contributed by atoms with Gasteiger partial charge in [0.15, 0.2) is 0 Å². The van der Waals surface area contributed by atoms with E-state index in [1.54, 1.807) is 6.20 Å². The maximum atomic E-state index is 12.1. The molecule has 0 radical (unpaired) electrons. The molecule has 2 aromatic rings. The van der Waals surface area contributed by atoms with Crippen molar-refractivity contribution in [3.05, 3.63) is 45.3 Å². The highest BCUT2D eigenvalue weighted by molar-refractivity contribution is 14.1. The number of amides is 1. The van der Waals surface area contributed by atoms with Gasteiger partial charge in [-0.05, 0) is 48.6 Å². The predicted molar refractivity (Wildman–Crippen MR) is 79.8 cm³/mol. The van der Waals surface area contributed by atoms with Crippen molar-refractivity contribution in [2.24, 2.45) is 0 Å². The van der Waals surface area contributed by atoms with Crippen LogP contribution in [-0.4, -0.2) is 15.7 Å². The standard InChI is InChI=1S/C13H14IN3O/c1-3-17-9(2)12(8-15-17)16-13(18)10-6-4-5-7-11(10)14/h4-8H,3H2,1-2H3,(H,16,18). The van der Waals surface area contributed by atoms with Crippen molar-refractivity contribution in [1.82, 2.24) is 9.78 Å². The Balaban J connectivity index is 2.22. The summed E-state index contributed by atoms with van der Waals surface area (Å²) in [5.74, 6) is -0.0984. The molecule has 0 saturated carbocycles. The van der Waals surface area contributed by atoms with Crippen LogP contribution in [0.25, 0.3) is 0 Å². The summed E-state index contributed by atoms with van der Waals surface area (Å²) >= 11 is 2.16. The van der Waals surface area contributed by atoms with Crippen LogP contribution in [0.4, 0.5) is 5.69 Å². The summed E-state index contributed by atoms with van der Waals surface area (Å²) in [7, 11) is 0. The van der Waals surface area contributed by atoms with Crippen molar-refractivity contribution in [1.29, 1.82) is 0 Å². The number of rotatable bonds is 3. The first-order valence-corrected chi connectivity index (χ1v) is 6.79. The zero-order valence-electron chi connectivity index (χ0n) is 10.3. The summed E-state index contributed by atoms with van der Waals surface area (Å²) in [6.07, 6.45) is 1.69. The van der Waals surface area contributed by atoms with Crippen LogP contribution in [0.5, 0.6) is 0 Å². The summed E-state index contributed by atoms with van der Waals surface area (Å²) in [5.41, 5.74) is 2.42. The average Bonchev–Trinajstić information content (AvgIpc) is 2.71. The van der Waals surface area contributed by atoms with Gasteiger partial charge in [0.25, 0.3) is 5.91 Å². The molecule has 1 amide bonds. The number of nitrogens with zero attached hydrogens (tertiary/aromatic N) is 2. The first-order chi connectivity index (χ1) is 8.63. The molecule has 0 aliphatic carbocycles. The van der Waals surface area contributed by atoms with E-state index < -0.39 is 0 Å². The second-order valence-corrected chi connectivity index (χ2v) is 5.06. The van der Waals surface area contributed by atoms with Crippen molar-refractivity contribution in [3.63, 3.8) is 0 Å². The average molecular weight is 355 g/mol. The van der Waals surface area contributed by atoms with E-state index in [2.05, 4.69) is 33.0 Å². The highest BCUT2D eigenvalue weighted by Gasteiger charge is 2.12. The van der Waals surface area contributed by atoms with Crippen LogP contribution < -0.4 is 5.32 Å². The fourth-order valence-electron chi connectivity index (χ4n) is 1.72. The Morgan fingerprint density at radius 1 is 1.44 bits per heavy atom. The predicted octanol–water partition coefficient (Wildman–Crippen LogP) is 3.07. The second-order valence-electron chi connectivity index (χ2n) is 3.89. The molecular weight excluding hydrogens is 341 g/mol. The molecule has 1 heterocycles. The minimum Gasteiger partial charge on any atom is -0.319 e. The molecule has 5 heteroatoms. The van der Waals surface area contributed by atoms with Gasteiger partial charge in [-0.3, -0.25) is 9.48 Å². The van der Waals surface area contributed by atoms with Crippen LogP contribution in [0.15, 0.2) is 30.5 Å². The van der Waals surface area contributed by atoms with Crippen molar-refractivity contribution in [3.8, 4) is 0 Å². The number of aromatic nitrogens is 2. The number of hydrogen-bond acceptors (Lipinski definition) is 2. The van der Waals surface area contributed by atoms with Gasteiger partial charge in [0.1, 0.15) is 0 Å². The topological polar surface area (TPSA) is 46.9 Å². The van der Waals surface area contributed by atoms with Gasteiger partial charge in [0.05, 0.1) is 23.1 Å². The molecule has 0 spiro atoms. The van der Waals surface area contributed by atoms with Crippen LogP contribution in [-0.2, 0) is 6.54 Å². The molecule has 2 rings (SSSR count). The molecule has 0 unspecified atom stereocenters. The molecule has 0 bridgehead atoms. The van der Waals surface area contributed by atoms with E-state index in [0.29, 0.717) is 5.56 Å². The Kier molecular flexibility index (Phi) is 4.00. The van der Waals surface area contributed by atoms with E-state index in [1.165, 1.54) is 0 Å². The van der Waals surface area contributed by atoms with Gasteiger partial charge < -0.3 is 5.32 Å². The number of nitrogens with one attached hydrogen (secondary N) is 1. The summed E-state index contributed by atoms with van der Waals surface area (Å²) in [6.45, 7) is 4.76. The molecule has 94 valence electrons. The third kappa shape index (κ3) is 2.55. The quantitative estimate of drug-likeness (QED) is 0.861. The van der Waals surface area contributed by atoms with Gasteiger partial charge in [-0.2, -0.15) is 5.10 Å². The van der Waals surface area contributed by atoms with Crippen LogP contribution in [0, 0.1) is 10.5 Å². The summed E-state index contributed by atoms with van der Waals surface area (Å²) in [5, 5.41) is 7.10. The molecule has 0 aliphatic heterocycles. The Hall–Kier alpha value is -1.37. The molecular formula is C13H14IN3O. The fraction of sp³-hybridized carbons (Fsp3) is 0.231. The number of carbonyl (C=O) groups is 1. The molecule has 0 fully saturated rings. The van der Waals surface area contributed by atoms with Crippen molar-refractivity contribution >= 4 is 34.2 Å². The van der Waals surface area contributed by atoms with Gasteiger partial charge in [-0.1, -0.05) is 12.1 Å². The first kappa shape index (κ1) is 13.1. The molecule has 0 aliphatic rings. The van der Waals surface area contributed by atoms with E-state index in [0.717, 1.165) is 21.5 Å². The van der Waals surface area contributed by atoms with Crippen LogP contribution in [0.1, 0.15) is 23.0 Å². The third-order valence-electron chi connectivity index (χ3n) is 2.77. The molecule has 4 nitrogen and oxygen atoms in total. The van der Waals surface area contributed by atoms with E-state index in [1.807, 2.05) is 42.8 Å². The smallest absolute Gasteiger partial charge is 0.256 e. The monoisotopic (exact) mass is 355 g/mol. The summed E-state index contributed by atoms with van der Waals surface area (Å²) < 4.78 is 2.79. The van der Waals surface area contributed by atoms with E-state index in [-0.39, 0.29) is 5.91 Å². The summed E-state index contributed by atoms with van der Waals surface area (Å²) in [6, 6.07) is 7.51. The van der Waals surface area contributed by atoms with Gasteiger partial charge >= 0.3 is 0 Å². The molecule has 0 atom stereocenters. The van der Waals surface area contributed by atoms with Crippen LogP contribution in [0.2, 0.25) is 0 Å². The zero-order valence-corrected chi connectivity index (χ0v) is 12.4. The number of hydrogen-bond donors (Lipinski definition) is 1. The Morgan fingerprint density at radius 2 is 2.17 bits per heavy atom. The minimum atomic E-state index is -0.0984. The van der Waals surface area contributed by atoms with Crippen molar-refractivity contribution in [2.75, 3.05) is 5.32 Å². The number of anilines is 1. The SMILES string of the molecule is CCn1ncc(NC(=O)c2ccccc2I)c1C. The van der Waals surface area contributed by atoms with Gasteiger partial charge in [0.2, 0.25) is 0 Å². The number of aryl methyl sites for hydroxylation is 1. The van der Waals surface area contributed by atoms with Gasteiger partial charge in [0, 0.05) is 10.1 Å². The lowest BCUT2D eigenvalue weighted by Crippen LogP contribution is -2.14. The normalized spacial score (nSPS) is 10.4. The van der Waals surface area contributed by atoms with E-state index in [9.17, 15) is 4.79 Å². The number of benzene rings is 1. The Bertz CT molecular complexity index is 577. The Labute approximate surface area is 120 Å². The highest BCUT2D eigenvalue weighted by atomic mass is 127. The van der Waals surface area contributed by atoms with Crippen molar-refractivity contribution < 1.29 is 4.79 Å². The summed E-state index contributed by atoms with van der Waals surface area (Å²) in [4.78, 5) is 12.1. The largest absolute Gasteiger partial charge is 0.319 e. The second kappa shape index (κ2) is 5.51. The molecule has 1 aromatic heterocycles. The number of carbonyl (C=O) groups excluding carboxylic acids is 1. The lowest BCUT2D eigenvalue weighted by molar-refractivity contribution is 0.102. The van der Waals surface area contributed by atoms with Gasteiger partial charge in [-0.15, -0.1) is 0 Å². The zero-order chi connectivity index (χ0) is 13.1. The highest BCUT2D eigenvalue weighted by Crippen LogP contribution is 2.17. The van der Waals surface area contributed by atoms with Crippen molar-refractivity contribution in [2.45, 2.75) is 20.4 Å². The maximum Gasteiger partial charge on any atom is 0.256 e. The fourth-order valence-corrected chi connectivity index (χ4v) is 2.36. The lowest BCUT2D eigenvalue weighted by Gasteiger charge is -2.06. The lowest BCUT2D eigenvalue weighted by atomic mass is 10.2. The van der Waals surface area contributed by atoms with Gasteiger partial charge in [-0.25, -0.2) is 0 Å². The molecule has 1 N–H and O–H groups in total. The third-order valence-corrected chi connectivity index (χ3v) is 3.71. The molecule has 18 heavy (non-hydrogen) atoms. The molecule has 0 saturated heterocycles. The number of halogens is 1. The van der Waals surface area contributed by atoms with E-state index >= 15 is 0 Å². The molecule has 1 aromatic carbocycles. The Morgan fingerprint density at radius 3 is 2.78 bits per heavy atom. The van der Waals surface area contributed by atoms with E-state index in [4.69, 9.17) is 0 Å². The minimum absolute atomic E-state index is 0.0984. The maximum absolute atomic E-state index is 12.1. The first-order valence-electron chi connectivity index (χ1n) is 5.71. The van der Waals surface area contributed by atoms with Crippen LogP contribution in [0.3, 0.4) is 0 Å². The van der Waals surface area contributed by atoms with Crippen LogP contribution >= 0.6 is 22.6 Å².